The monoisotopic (exact) mass is 262 g/mol. The topological polar surface area (TPSA) is 58.6 Å². The molecule has 5 nitrogen and oxygen atoms in total. The van der Waals surface area contributed by atoms with Crippen LogP contribution in [0.1, 0.15) is 24.2 Å². The van der Waals surface area contributed by atoms with Crippen LogP contribution in [0.2, 0.25) is 0 Å². The van der Waals surface area contributed by atoms with Gasteiger partial charge in [-0.15, -0.1) is 0 Å². The average Bonchev–Trinajstić information content (AvgIpc) is 2.65. The maximum atomic E-state index is 11.5. The summed E-state index contributed by atoms with van der Waals surface area (Å²) in [6.07, 6.45) is 0. The summed E-state index contributed by atoms with van der Waals surface area (Å²) in [6.45, 7) is 5.56. The van der Waals surface area contributed by atoms with E-state index in [0.29, 0.717) is 23.9 Å². The van der Waals surface area contributed by atoms with Gasteiger partial charge in [-0.3, -0.25) is 9.59 Å². The van der Waals surface area contributed by atoms with E-state index in [1.54, 1.807) is 13.2 Å². The van der Waals surface area contributed by atoms with Gasteiger partial charge in [-0.1, -0.05) is 0 Å². The van der Waals surface area contributed by atoms with Crippen LogP contribution >= 0.6 is 0 Å². The van der Waals surface area contributed by atoms with E-state index in [0.717, 1.165) is 12.2 Å². The number of ether oxygens (including phenoxy) is 1. The number of carbonyl (C=O) groups is 2. The quantitative estimate of drug-likeness (QED) is 0.820. The Morgan fingerprint density at radius 2 is 2.05 bits per heavy atom. The number of ketones is 1. The highest BCUT2D eigenvalue weighted by molar-refractivity contribution is 6.51. The predicted octanol–water partition coefficient (Wildman–Crippen LogP) is 1.68. The van der Waals surface area contributed by atoms with Gasteiger partial charge in [0.15, 0.2) is 0 Å². The number of hydrogen-bond donors (Lipinski definition) is 1. The standard InChI is InChI=1S/C14H18N2O3/c1-9(2)16(6-7-19-3)10-4-5-11-12(8-10)15-14(18)13(11)17/h4-5,8-9H,6-7H2,1-3H3,(H,15,17,18). The molecule has 0 radical (unpaired) electrons. The van der Waals surface area contributed by atoms with Crippen molar-refractivity contribution >= 4 is 23.1 Å². The average molecular weight is 262 g/mol. The van der Waals surface area contributed by atoms with Crippen molar-refractivity contribution in [2.75, 3.05) is 30.5 Å². The van der Waals surface area contributed by atoms with E-state index in [-0.39, 0.29) is 0 Å². The maximum Gasteiger partial charge on any atom is 0.296 e. The van der Waals surface area contributed by atoms with Gasteiger partial charge in [0.05, 0.1) is 17.9 Å². The van der Waals surface area contributed by atoms with Crippen molar-refractivity contribution < 1.29 is 14.3 Å². The molecule has 0 unspecified atom stereocenters. The summed E-state index contributed by atoms with van der Waals surface area (Å²) in [6, 6.07) is 5.72. The Labute approximate surface area is 112 Å². The molecule has 19 heavy (non-hydrogen) atoms. The number of hydrogen-bond acceptors (Lipinski definition) is 4. The molecule has 102 valence electrons. The number of benzene rings is 1. The second-order valence-corrected chi connectivity index (χ2v) is 4.79. The smallest absolute Gasteiger partial charge is 0.296 e. The molecule has 0 spiro atoms. The third-order valence-corrected chi connectivity index (χ3v) is 3.19. The van der Waals surface area contributed by atoms with Crippen LogP contribution in [0.5, 0.6) is 0 Å². The molecule has 1 heterocycles. The zero-order valence-corrected chi connectivity index (χ0v) is 11.4. The highest BCUT2D eigenvalue weighted by Crippen LogP contribution is 2.29. The molecule has 2 rings (SSSR count). The fourth-order valence-corrected chi connectivity index (χ4v) is 2.19. The zero-order chi connectivity index (χ0) is 14.0. The molecule has 1 amide bonds. The molecule has 0 aliphatic carbocycles. The molecule has 0 saturated carbocycles. The summed E-state index contributed by atoms with van der Waals surface area (Å²) in [7, 11) is 1.67. The molecule has 1 aromatic rings. The zero-order valence-electron chi connectivity index (χ0n) is 11.4. The molecule has 1 aromatic carbocycles. The van der Waals surface area contributed by atoms with E-state index in [1.165, 1.54) is 0 Å². The summed E-state index contributed by atoms with van der Waals surface area (Å²) >= 11 is 0. The number of nitrogens with one attached hydrogen (secondary N) is 1. The Balaban J connectivity index is 2.28. The van der Waals surface area contributed by atoms with Gasteiger partial charge in [0.25, 0.3) is 11.7 Å². The van der Waals surface area contributed by atoms with Gasteiger partial charge in [-0.25, -0.2) is 0 Å². The first kappa shape index (κ1) is 13.5. The van der Waals surface area contributed by atoms with E-state index in [2.05, 4.69) is 24.1 Å². The minimum Gasteiger partial charge on any atom is -0.383 e. The fourth-order valence-electron chi connectivity index (χ4n) is 2.19. The van der Waals surface area contributed by atoms with Crippen molar-refractivity contribution in [2.24, 2.45) is 0 Å². The lowest BCUT2D eigenvalue weighted by Crippen LogP contribution is -2.33. The fraction of sp³-hybridized carbons (Fsp3) is 0.429. The van der Waals surface area contributed by atoms with Gasteiger partial charge in [0, 0.05) is 25.4 Å². The lowest BCUT2D eigenvalue weighted by molar-refractivity contribution is -0.112. The van der Waals surface area contributed by atoms with Crippen LogP contribution in [0.15, 0.2) is 18.2 Å². The predicted molar refractivity (Wildman–Crippen MR) is 73.8 cm³/mol. The number of fused-ring (bicyclic) bond motifs is 1. The minimum atomic E-state index is -0.555. The summed E-state index contributed by atoms with van der Waals surface area (Å²) in [5, 5.41) is 2.59. The Hall–Kier alpha value is -1.88. The SMILES string of the molecule is COCCN(c1ccc2c(c1)NC(=O)C2=O)C(C)C. The number of carbonyl (C=O) groups excluding carboxylic acids is 2. The van der Waals surface area contributed by atoms with Crippen LogP contribution in [-0.4, -0.2) is 38.0 Å². The summed E-state index contributed by atoms with van der Waals surface area (Å²) < 4.78 is 5.11. The van der Waals surface area contributed by atoms with E-state index >= 15 is 0 Å². The van der Waals surface area contributed by atoms with Crippen molar-refractivity contribution in [1.82, 2.24) is 0 Å². The minimum absolute atomic E-state index is 0.306. The first-order valence-corrected chi connectivity index (χ1v) is 6.30. The number of rotatable bonds is 5. The van der Waals surface area contributed by atoms with E-state index in [9.17, 15) is 9.59 Å². The lowest BCUT2D eigenvalue weighted by Gasteiger charge is -2.29. The van der Waals surface area contributed by atoms with Crippen LogP contribution in [0.4, 0.5) is 11.4 Å². The molecule has 5 heteroatoms. The summed E-state index contributed by atoms with van der Waals surface area (Å²) in [5.41, 5.74) is 2.01. The Morgan fingerprint density at radius 1 is 1.32 bits per heavy atom. The van der Waals surface area contributed by atoms with Crippen molar-refractivity contribution in [3.63, 3.8) is 0 Å². The maximum absolute atomic E-state index is 11.5. The molecule has 1 aliphatic rings. The Bertz CT molecular complexity index is 511. The number of nitrogens with zero attached hydrogens (tertiary/aromatic N) is 1. The van der Waals surface area contributed by atoms with Gasteiger partial charge >= 0.3 is 0 Å². The van der Waals surface area contributed by atoms with Gasteiger partial charge in [0.2, 0.25) is 0 Å². The van der Waals surface area contributed by atoms with Gasteiger partial charge in [-0.05, 0) is 32.0 Å². The number of methoxy groups -OCH3 is 1. The molecule has 0 aromatic heterocycles. The molecule has 0 atom stereocenters. The number of anilines is 2. The second kappa shape index (κ2) is 5.40. The van der Waals surface area contributed by atoms with Crippen LogP contribution in [0.3, 0.4) is 0 Å². The van der Waals surface area contributed by atoms with E-state index < -0.39 is 11.7 Å². The van der Waals surface area contributed by atoms with Crippen molar-refractivity contribution in [2.45, 2.75) is 19.9 Å². The normalized spacial score (nSPS) is 13.7. The molecular formula is C14H18N2O3. The Kier molecular flexibility index (Phi) is 3.85. The Morgan fingerprint density at radius 3 is 2.68 bits per heavy atom. The largest absolute Gasteiger partial charge is 0.383 e. The molecule has 1 N–H and O–H groups in total. The van der Waals surface area contributed by atoms with Gasteiger partial charge in [-0.2, -0.15) is 0 Å². The molecule has 0 saturated heterocycles. The first-order valence-electron chi connectivity index (χ1n) is 6.30. The highest BCUT2D eigenvalue weighted by Gasteiger charge is 2.28. The highest BCUT2D eigenvalue weighted by atomic mass is 16.5. The van der Waals surface area contributed by atoms with E-state index in [4.69, 9.17) is 4.74 Å². The summed E-state index contributed by atoms with van der Waals surface area (Å²) in [4.78, 5) is 25.0. The third kappa shape index (κ3) is 2.61. The van der Waals surface area contributed by atoms with Crippen molar-refractivity contribution in [1.29, 1.82) is 0 Å². The van der Waals surface area contributed by atoms with Crippen LogP contribution in [0.25, 0.3) is 0 Å². The van der Waals surface area contributed by atoms with Crippen LogP contribution < -0.4 is 10.2 Å². The summed E-state index contributed by atoms with van der Waals surface area (Å²) in [5.74, 6) is -1.02. The molecule has 1 aliphatic heterocycles. The molecule has 0 bridgehead atoms. The first-order chi connectivity index (χ1) is 9.04. The van der Waals surface area contributed by atoms with Crippen molar-refractivity contribution in [3.05, 3.63) is 23.8 Å². The number of Topliss-reactive ketones (excluding diaryl/α,β-unsaturated/α-hetero) is 1. The van der Waals surface area contributed by atoms with Gasteiger partial charge in [0.1, 0.15) is 0 Å². The van der Waals surface area contributed by atoms with Gasteiger partial charge < -0.3 is 15.0 Å². The lowest BCUT2D eigenvalue weighted by atomic mass is 10.1. The van der Waals surface area contributed by atoms with Crippen LogP contribution in [0, 0.1) is 0 Å². The molecule has 0 fully saturated rings. The van der Waals surface area contributed by atoms with Crippen molar-refractivity contribution in [3.8, 4) is 0 Å². The van der Waals surface area contributed by atoms with E-state index in [1.807, 2.05) is 12.1 Å². The van der Waals surface area contributed by atoms with Crippen LogP contribution in [-0.2, 0) is 9.53 Å². The number of amides is 1. The molecular weight excluding hydrogens is 244 g/mol. The second-order valence-electron chi connectivity index (χ2n) is 4.79. The third-order valence-electron chi connectivity index (χ3n) is 3.19.